The lowest BCUT2D eigenvalue weighted by Gasteiger charge is -2.30. The van der Waals surface area contributed by atoms with Crippen molar-refractivity contribution in [1.29, 1.82) is 0 Å². The molecule has 1 aliphatic heterocycles. The summed E-state index contributed by atoms with van der Waals surface area (Å²) in [6.07, 6.45) is 1.68. The van der Waals surface area contributed by atoms with Gasteiger partial charge in [0.2, 0.25) is 5.91 Å². The van der Waals surface area contributed by atoms with Gasteiger partial charge in [-0.05, 0) is 54.3 Å². The summed E-state index contributed by atoms with van der Waals surface area (Å²) in [6.45, 7) is 0.469. The van der Waals surface area contributed by atoms with E-state index in [0.717, 1.165) is 29.8 Å². The Morgan fingerprint density at radius 2 is 1.65 bits per heavy atom. The van der Waals surface area contributed by atoms with Crippen LogP contribution in [0.1, 0.15) is 17.5 Å². The minimum atomic E-state index is -3.65. The number of rotatable bonds is 7. The minimum Gasteiger partial charge on any atom is -0.325 e. The molecule has 160 valence electrons. The summed E-state index contributed by atoms with van der Waals surface area (Å²) >= 11 is 1.54. The number of carbonyl (C=O) groups excluding carboxylic acids is 1. The Morgan fingerprint density at radius 3 is 2.42 bits per heavy atom. The summed E-state index contributed by atoms with van der Waals surface area (Å²) in [5.74, 6) is 0.990. The molecule has 31 heavy (non-hydrogen) atoms. The van der Waals surface area contributed by atoms with Crippen molar-refractivity contribution < 1.29 is 13.2 Å². The van der Waals surface area contributed by atoms with E-state index in [1.807, 2.05) is 54.6 Å². The van der Waals surface area contributed by atoms with Gasteiger partial charge in [-0.2, -0.15) is 0 Å². The normalized spacial score (nSPS) is 13.5. The van der Waals surface area contributed by atoms with Crippen molar-refractivity contribution in [2.45, 2.75) is 23.5 Å². The van der Waals surface area contributed by atoms with E-state index in [1.54, 1.807) is 24.3 Å². The molecule has 4 rings (SSSR count). The number of para-hydroxylation sites is 1. The van der Waals surface area contributed by atoms with Crippen LogP contribution in [-0.4, -0.2) is 26.6 Å². The average Bonchev–Trinajstić information content (AvgIpc) is 2.80. The number of amides is 1. The molecule has 1 N–H and O–H groups in total. The summed E-state index contributed by atoms with van der Waals surface area (Å²) in [4.78, 5) is 12.4. The van der Waals surface area contributed by atoms with E-state index in [1.165, 1.54) is 21.6 Å². The summed E-state index contributed by atoms with van der Waals surface area (Å²) < 4.78 is 27.9. The van der Waals surface area contributed by atoms with Crippen LogP contribution < -0.4 is 9.62 Å². The van der Waals surface area contributed by atoms with Gasteiger partial charge >= 0.3 is 0 Å². The Labute approximate surface area is 187 Å². The summed E-state index contributed by atoms with van der Waals surface area (Å²) in [5.41, 5.74) is 3.56. The molecule has 0 saturated carbocycles. The molecule has 1 amide bonds. The number of hydrogen-bond acceptors (Lipinski definition) is 4. The van der Waals surface area contributed by atoms with Gasteiger partial charge in [0.05, 0.1) is 16.3 Å². The quantitative estimate of drug-likeness (QED) is 0.564. The first-order chi connectivity index (χ1) is 15.0. The first-order valence-corrected chi connectivity index (χ1v) is 12.8. The van der Waals surface area contributed by atoms with Crippen LogP contribution >= 0.6 is 11.8 Å². The molecule has 1 heterocycles. The van der Waals surface area contributed by atoms with Crippen molar-refractivity contribution in [3.8, 4) is 0 Å². The van der Waals surface area contributed by atoms with E-state index < -0.39 is 10.0 Å². The lowest BCUT2D eigenvalue weighted by atomic mass is 10.0. The molecule has 1 aliphatic rings. The van der Waals surface area contributed by atoms with E-state index >= 15 is 0 Å². The zero-order valence-corrected chi connectivity index (χ0v) is 18.7. The minimum absolute atomic E-state index is 0.110. The largest absolute Gasteiger partial charge is 0.325 e. The Hall–Kier alpha value is -2.77. The van der Waals surface area contributed by atoms with Gasteiger partial charge in [0.25, 0.3) is 10.0 Å². The van der Waals surface area contributed by atoms with Crippen molar-refractivity contribution in [2.75, 3.05) is 21.9 Å². The van der Waals surface area contributed by atoms with E-state index in [2.05, 4.69) is 5.32 Å². The fourth-order valence-electron chi connectivity index (χ4n) is 3.62. The van der Waals surface area contributed by atoms with Crippen LogP contribution in [0.25, 0.3) is 0 Å². The number of nitrogens with zero attached hydrogens (tertiary/aromatic N) is 1. The molecule has 0 aromatic heterocycles. The average molecular weight is 453 g/mol. The molecular formula is C24H24N2O3S2. The molecule has 3 aromatic carbocycles. The zero-order valence-electron chi connectivity index (χ0n) is 17.0. The highest BCUT2D eigenvalue weighted by atomic mass is 32.2. The molecule has 0 bridgehead atoms. The lowest BCUT2D eigenvalue weighted by Crippen LogP contribution is -2.35. The van der Waals surface area contributed by atoms with Gasteiger partial charge in [-0.25, -0.2) is 8.42 Å². The third kappa shape index (κ3) is 5.11. The molecule has 0 unspecified atom stereocenters. The molecule has 0 spiro atoms. The number of hydrogen-bond donors (Lipinski definition) is 1. The second kappa shape index (κ2) is 9.58. The monoisotopic (exact) mass is 452 g/mol. The zero-order chi connectivity index (χ0) is 21.7. The van der Waals surface area contributed by atoms with Gasteiger partial charge in [0, 0.05) is 18.0 Å². The third-order valence-corrected chi connectivity index (χ3v) is 7.97. The van der Waals surface area contributed by atoms with Crippen LogP contribution in [0, 0.1) is 0 Å². The van der Waals surface area contributed by atoms with Crippen LogP contribution in [0.5, 0.6) is 0 Å². The van der Waals surface area contributed by atoms with Crippen molar-refractivity contribution >= 4 is 39.1 Å². The first kappa shape index (κ1) is 21.5. The summed E-state index contributed by atoms with van der Waals surface area (Å²) in [7, 11) is -3.65. The summed E-state index contributed by atoms with van der Waals surface area (Å²) in [6, 6.07) is 24.0. The standard InChI is InChI=1S/C24H24N2O3S2/c27-24(18-30-17-19-7-2-1-3-8-19)25-21-12-14-22(15-13-21)31(28,29)26-16-6-10-20-9-4-5-11-23(20)26/h1-5,7-9,11-15H,6,10,16-18H2,(H,25,27). The van der Waals surface area contributed by atoms with Gasteiger partial charge in [-0.15, -0.1) is 11.8 Å². The molecule has 3 aromatic rings. The van der Waals surface area contributed by atoms with Crippen LogP contribution in [0.15, 0.2) is 83.8 Å². The predicted octanol–water partition coefficient (Wildman–Crippen LogP) is 4.70. The number of fused-ring (bicyclic) bond motifs is 1. The van der Waals surface area contributed by atoms with Crippen LogP contribution in [0.3, 0.4) is 0 Å². The number of anilines is 2. The topological polar surface area (TPSA) is 66.5 Å². The first-order valence-electron chi connectivity index (χ1n) is 10.2. The Bertz CT molecular complexity index is 1150. The van der Waals surface area contributed by atoms with Gasteiger partial charge in [-0.3, -0.25) is 9.10 Å². The van der Waals surface area contributed by atoms with E-state index in [-0.39, 0.29) is 10.8 Å². The number of aryl methyl sites for hydroxylation is 1. The molecule has 0 fully saturated rings. The Morgan fingerprint density at radius 1 is 0.935 bits per heavy atom. The lowest BCUT2D eigenvalue weighted by molar-refractivity contribution is -0.113. The maximum Gasteiger partial charge on any atom is 0.264 e. The van der Waals surface area contributed by atoms with Crippen molar-refractivity contribution in [1.82, 2.24) is 0 Å². The number of thioether (sulfide) groups is 1. The maximum absolute atomic E-state index is 13.2. The smallest absolute Gasteiger partial charge is 0.264 e. The van der Waals surface area contributed by atoms with Gasteiger partial charge in [0.15, 0.2) is 0 Å². The number of carbonyl (C=O) groups is 1. The highest BCUT2D eigenvalue weighted by Gasteiger charge is 2.28. The maximum atomic E-state index is 13.2. The fraction of sp³-hybridized carbons (Fsp3) is 0.208. The van der Waals surface area contributed by atoms with Crippen LogP contribution in [0.2, 0.25) is 0 Å². The Balaban J connectivity index is 1.38. The summed E-state index contributed by atoms with van der Waals surface area (Å²) in [5, 5.41) is 2.83. The second-order valence-corrected chi connectivity index (χ2v) is 10.2. The molecule has 0 saturated heterocycles. The number of sulfonamides is 1. The highest BCUT2D eigenvalue weighted by Crippen LogP contribution is 2.32. The fourth-order valence-corrected chi connectivity index (χ4v) is 5.95. The number of benzene rings is 3. The number of nitrogens with one attached hydrogen (secondary N) is 1. The SMILES string of the molecule is O=C(CSCc1ccccc1)Nc1ccc(S(=O)(=O)N2CCCc3ccccc32)cc1. The van der Waals surface area contributed by atoms with Gasteiger partial charge in [-0.1, -0.05) is 48.5 Å². The molecule has 7 heteroatoms. The van der Waals surface area contributed by atoms with Crippen molar-refractivity contribution in [3.63, 3.8) is 0 Å². The highest BCUT2D eigenvalue weighted by molar-refractivity contribution is 7.99. The van der Waals surface area contributed by atoms with Crippen molar-refractivity contribution in [3.05, 3.63) is 90.0 Å². The molecule has 0 radical (unpaired) electrons. The molecule has 0 aliphatic carbocycles. The Kier molecular flexibility index (Phi) is 6.63. The van der Waals surface area contributed by atoms with Gasteiger partial charge < -0.3 is 5.32 Å². The van der Waals surface area contributed by atoms with Crippen LogP contribution in [-0.2, 0) is 27.0 Å². The van der Waals surface area contributed by atoms with Gasteiger partial charge in [0.1, 0.15) is 0 Å². The van der Waals surface area contributed by atoms with Crippen LogP contribution in [0.4, 0.5) is 11.4 Å². The third-order valence-electron chi connectivity index (χ3n) is 5.14. The predicted molar refractivity (Wildman–Crippen MR) is 127 cm³/mol. The second-order valence-electron chi connectivity index (χ2n) is 7.36. The molecule has 0 atom stereocenters. The van der Waals surface area contributed by atoms with Crippen molar-refractivity contribution in [2.24, 2.45) is 0 Å². The van der Waals surface area contributed by atoms with E-state index in [4.69, 9.17) is 0 Å². The van der Waals surface area contributed by atoms with E-state index in [9.17, 15) is 13.2 Å². The molecule has 5 nitrogen and oxygen atoms in total. The molecular weight excluding hydrogens is 428 g/mol. The van der Waals surface area contributed by atoms with E-state index in [0.29, 0.717) is 18.0 Å².